The smallest absolute Gasteiger partial charge is 0.411 e. The minimum atomic E-state index is -0.646. The van der Waals surface area contributed by atoms with Gasteiger partial charge in [0.05, 0.1) is 13.7 Å². The number of ether oxygens (including phenoxy) is 1. The van der Waals surface area contributed by atoms with E-state index >= 15 is 0 Å². The highest BCUT2D eigenvalue weighted by Crippen LogP contribution is 2.07. The van der Waals surface area contributed by atoms with E-state index in [1.807, 2.05) is 6.92 Å². The first-order valence-electron chi connectivity index (χ1n) is 5.43. The van der Waals surface area contributed by atoms with Gasteiger partial charge in [-0.1, -0.05) is 4.98 Å². The Labute approximate surface area is 109 Å². The molecule has 0 atom stereocenters. The molecule has 0 aromatic carbocycles. The zero-order chi connectivity index (χ0) is 14.7. The molecule has 1 aromatic heterocycles. The minimum absolute atomic E-state index is 0.191. The summed E-state index contributed by atoms with van der Waals surface area (Å²) in [6.07, 6.45) is 3.77. The SMILES string of the molecule is CCOCCC=NO.Cn1c(C=O)cnc1[N+](=O)[O-]. The first-order valence-corrected chi connectivity index (χ1v) is 5.43. The molecule has 0 radical (unpaired) electrons. The van der Waals surface area contributed by atoms with Gasteiger partial charge < -0.3 is 20.1 Å². The number of rotatable bonds is 6. The van der Waals surface area contributed by atoms with E-state index in [1.54, 1.807) is 0 Å². The third-order valence-corrected chi connectivity index (χ3v) is 1.96. The molecule has 0 fully saturated rings. The van der Waals surface area contributed by atoms with Gasteiger partial charge in [0.25, 0.3) is 0 Å². The standard InChI is InChI=1S/C5H5N3O3.C5H11NO2/c1-7-4(3-9)2-6-5(7)8(10)11;1-2-8-5-3-4-6-7/h2-3H,1H3;4,7H,2-3,5H2,1H3. The van der Waals surface area contributed by atoms with Crippen LogP contribution in [0.4, 0.5) is 5.95 Å². The number of aldehydes is 1. The van der Waals surface area contributed by atoms with E-state index in [0.29, 0.717) is 19.3 Å². The first-order chi connectivity index (χ1) is 9.08. The molecule has 1 aromatic rings. The van der Waals surface area contributed by atoms with Crippen molar-refractivity contribution in [1.29, 1.82) is 0 Å². The van der Waals surface area contributed by atoms with Gasteiger partial charge in [0.2, 0.25) is 0 Å². The molecule has 0 unspecified atom stereocenters. The molecule has 0 saturated carbocycles. The summed E-state index contributed by atoms with van der Waals surface area (Å²) >= 11 is 0. The second-order valence-electron chi connectivity index (χ2n) is 3.20. The average Bonchev–Trinajstić information content (AvgIpc) is 2.77. The predicted molar refractivity (Wildman–Crippen MR) is 66.6 cm³/mol. The van der Waals surface area contributed by atoms with Crippen molar-refractivity contribution in [1.82, 2.24) is 9.55 Å². The van der Waals surface area contributed by atoms with Crippen LogP contribution >= 0.6 is 0 Å². The summed E-state index contributed by atoms with van der Waals surface area (Å²) in [6.45, 7) is 3.29. The van der Waals surface area contributed by atoms with Crippen LogP contribution in [0.3, 0.4) is 0 Å². The van der Waals surface area contributed by atoms with Crippen molar-refractivity contribution in [3.63, 3.8) is 0 Å². The highest BCUT2D eigenvalue weighted by molar-refractivity contribution is 5.72. The Bertz CT molecular complexity index is 430. The highest BCUT2D eigenvalue weighted by atomic mass is 16.6. The van der Waals surface area contributed by atoms with E-state index in [1.165, 1.54) is 13.3 Å². The summed E-state index contributed by atoms with van der Waals surface area (Å²) in [5, 5.41) is 20.8. The maximum Gasteiger partial charge on any atom is 0.434 e. The van der Waals surface area contributed by atoms with Crippen LogP contribution < -0.4 is 0 Å². The molecule has 1 rings (SSSR count). The van der Waals surface area contributed by atoms with Gasteiger partial charge >= 0.3 is 5.95 Å². The van der Waals surface area contributed by atoms with Gasteiger partial charge in [-0.2, -0.15) is 0 Å². The lowest BCUT2D eigenvalue weighted by Crippen LogP contribution is -2.00. The van der Waals surface area contributed by atoms with Crippen LogP contribution in [-0.2, 0) is 11.8 Å². The minimum Gasteiger partial charge on any atom is -0.411 e. The van der Waals surface area contributed by atoms with Crippen molar-refractivity contribution in [2.45, 2.75) is 13.3 Å². The van der Waals surface area contributed by atoms with E-state index in [-0.39, 0.29) is 11.6 Å². The van der Waals surface area contributed by atoms with Gasteiger partial charge in [0, 0.05) is 19.2 Å². The van der Waals surface area contributed by atoms with Crippen LogP contribution in [0.2, 0.25) is 0 Å². The molecule has 106 valence electrons. The van der Waals surface area contributed by atoms with Crippen molar-refractivity contribution in [2.24, 2.45) is 12.2 Å². The maximum absolute atomic E-state index is 10.2. The summed E-state index contributed by atoms with van der Waals surface area (Å²) in [5.74, 6) is -0.327. The number of imidazole rings is 1. The summed E-state index contributed by atoms with van der Waals surface area (Å²) in [5.41, 5.74) is 0.191. The van der Waals surface area contributed by atoms with Crippen molar-refractivity contribution < 1.29 is 19.7 Å². The normalized spacial score (nSPS) is 10.0. The van der Waals surface area contributed by atoms with Crippen LogP contribution in [0.5, 0.6) is 0 Å². The zero-order valence-electron chi connectivity index (χ0n) is 10.7. The lowest BCUT2D eigenvalue weighted by molar-refractivity contribution is -0.396. The largest absolute Gasteiger partial charge is 0.434 e. The second kappa shape index (κ2) is 9.71. The molecule has 0 bridgehead atoms. The monoisotopic (exact) mass is 272 g/mol. The van der Waals surface area contributed by atoms with E-state index in [4.69, 9.17) is 9.94 Å². The average molecular weight is 272 g/mol. The number of hydrogen-bond acceptors (Lipinski definition) is 7. The van der Waals surface area contributed by atoms with Crippen LogP contribution in [0, 0.1) is 10.1 Å². The molecule has 0 aliphatic rings. The molecule has 0 aliphatic carbocycles. The van der Waals surface area contributed by atoms with Crippen LogP contribution in [0.25, 0.3) is 0 Å². The molecule has 0 amide bonds. The Morgan fingerprint density at radius 2 is 2.37 bits per heavy atom. The number of aromatic nitrogens is 2. The highest BCUT2D eigenvalue weighted by Gasteiger charge is 2.15. The molecule has 9 nitrogen and oxygen atoms in total. The lowest BCUT2D eigenvalue weighted by atomic mass is 10.5. The fraction of sp³-hybridized carbons (Fsp3) is 0.500. The van der Waals surface area contributed by atoms with Crippen LogP contribution in [0.1, 0.15) is 23.8 Å². The maximum atomic E-state index is 10.2. The van der Waals surface area contributed by atoms with Crippen molar-refractivity contribution in [3.05, 3.63) is 22.0 Å². The van der Waals surface area contributed by atoms with Crippen molar-refractivity contribution in [3.8, 4) is 0 Å². The number of carbonyl (C=O) groups excluding carboxylic acids is 1. The van der Waals surface area contributed by atoms with E-state index in [9.17, 15) is 14.9 Å². The van der Waals surface area contributed by atoms with Gasteiger partial charge in [-0.25, -0.2) is 4.57 Å². The molecule has 0 spiro atoms. The van der Waals surface area contributed by atoms with Gasteiger partial charge in [0.1, 0.15) is 6.20 Å². The molecule has 0 saturated heterocycles. The predicted octanol–water partition coefficient (Wildman–Crippen LogP) is 1.01. The fourth-order valence-electron chi connectivity index (χ4n) is 1.03. The van der Waals surface area contributed by atoms with Gasteiger partial charge in [-0.05, 0) is 11.8 Å². The third kappa shape index (κ3) is 6.27. The molecule has 19 heavy (non-hydrogen) atoms. The lowest BCUT2D eigenvalue weighted by Gasteiger charge is -1.92. The molecule has 0 aliphatic heterocycles. The first kappa shape index (κ1) is 16.7. The van der Waals surface area contributed by atoms with Crippen molar-refractivity contribution in [2.75, 3.05) is 13.2 Å². The Morgan fingerprint density at radius 3 is 2.74 bits per heavy atom. The Hall–Kier alpha value is -2.29. The van der Waals surface area contributed by atoms with Gasteiger partial charge in [-0.3, -0.25) is 4.79 Å². The summed E-state index contributed by atoms with van der Waals surface area (Å²) in [4.78, 5) is 23.1. The third-order valence-electron chi connectivity index (χ3n) is 1.96. The number of carbonyl (C=O) groups is 1. The quantitative estimate of drug-likeness (QED) is 0.206. The Kier molecular flexibility index (Phi) is 8.54. The molecular weight excluding hydrogens is 256 g/mol. The number of nitrogens with zero attached hydrogens (tertiary/aromatic N) is 4. The molecule has 1 N–H and O–H groups in total. The summed E-state index contributed by atoms with van der Waals surface area (Å²) in [6, 6.07) is 0. The number of oxime groups is 1. The Morgan fingerprint density at radius 1 is 1.68 bits per heavy atom. The fourth-order valence-corrected chi connectivity index (χ4v) is 1.03. The number of nitro groups is 1. The van der Waals surface area contributed by atoms with Gasteiger partial charge in [0.15, 0.2) is 12.0 Å². The second-order valence-corrected chi connectivity index (χ2v) is 3.20. The van der Waals surface area contributed by atoms with E-state index in [2.05, 4.69) is 10.1 Å². The van der Waals surface area contributed by atoms with E-state index < -0.39 is 4.92 Å². The molecule has 9 heteroatoms. The molecular formula is C10H16N4O5. The van der Waals surface area contributed by atoms with Gasteiger partial charge in [-0.15, -0.1) is 5.16 Å². The van der Waals surface area contributed by atoms with Crippen LogP contribution in [-0.4, -0.2) is 45.4 Å². The van der Waals surface area contributed by atoms with E-state index in [0.717, 1.165) is 17.4 Å². The molecule has 1 heterocycles. The Balaban J connectivity index is 0.000000362. The zero-order valence-corrected chi connectivity index (χ0v) is 10.7. The summed E-state index contributed by atoms with van der Waals surface area (Å²) in [7, 11) is 1.41. The summed E-state index contributed by atoms with van der Waals surface area (Å²) < 4.78 is 6.05. The number of hydrogen-bond donors (Lipinski definition) is 1. The van der Waals surface area contributed by atoms with Crippen molar-refractivity contribution >= 4 is 18.4 Å². The van der Waals surface area contributed by atoms with Crippen LogP contribution in [0.15, 0.2) is 11.4 Å². The topological polar surface area (TPSA) is 120 Å².